The van der Waals surface area contributed by atoms with Crippen molar-refractivity contribution >= 4 is 23.1 Å². The van der Waals surface area contributed by atoms with Crippen LogP contribution in [0.15, 0.2) is 48.2 Å². The van der Waals surface area contributed by atoms with Gasteiger partial charge in [0.2, 0.25) is 0 Å². The molecule has 168 valence electrons. The van der Waals surface area contributed by atoms with Crippen molar-refractivity contribution in [1.82, 2.24) is 9.80 Å². The molecule has 6 heteroatoms. The van der Waals surface area contributed by atoms with E-state index >= 15 is 0 Å². The van der Waals surface area contributed by atoms with Crippen molar-refractivity contribution in [3.8, 4) is 5.75 Å². The Kier molecular flexibility index (Phi) is 6.33. The van der Waals surface area contributed by atoms with Gasteiger partial charge >= 0.3 is 0 Å². The van der Waals surface area contributed by atoms with Crippen LogP contribution >= 0.6 is 0 Å². The van der Waals surface area contributed by atoms with Crippen molar-refractivity contribution in [2.75, 3.05) is 44.2 Å². The normalized spacial score (nSPS) is 17.5. The van der Waals surface area contributed by atoms with Crippen LogP contribution in [-0.4, -0.2) is 60.9 Å². The molecule has 32 heavy (non-hydrogen) atoms. The zero-order valence-electron chi connectivity index (χ0n) is 19.4. The number of carbonyl (C=O) groups excluding carboxylic acids is 2. The van der Waals surface area contributed by atoms with E-state index in [0.717, 1.165) is 55.2 Å². The number of aryl methyl sites for hydroxylation is 2. The summed E-state index contributed by atoms with van der Waals surface area (Å²) < 4.78 is 5.56. The van der Waals surface area contributed by atoms with Gasteiger partial charge in [-0.15, -0.1) is 0 Å². The summed E-state index contributed by atoms with van der Waals surface area (Å²) in [4.78, 5) is 33.2. The first-order valence-electron chi connectivity index (χ1n) is 11.4. The zero-order chi connectivity index (χ0) is 22.8. The maximum Gasteiger partial charge on any atom is 0.282 e. The highest BCUT2D eigenvalue weighted by atomic mass is 16.5. The van der Waals surface area contributed by atoms with Crippen LogP contribution in [0.3, 0.4) is 0 Å². The minimum absolute atomic E-state index is 0.240. The molecular weight excluding hydrogens is 402 g/mol. The first kappa shape index (κ1) is 22.1. The standard InChI is InChI=1S/C26H31N3O3/c1-5-27-13-15-28(16-14-27)24-23(20-8-10-21(11-9-20)32-6-2)25(30)29(26(24)31)22-12-7-18(3)17-19(22)4/h7-12,17H,5-6,13-16H2,1-4H3. The average Bonchev–Trinajstić information content (AvgIpc) is 3.05. The van der Waals surface area contributed by atoms with Crippen LogP contribution < -0.4 is 9.64 Å². The van der Waals surface area contributed by atoms with E-state index in [1.807, 2.05) is 63.2 Å². The Morgan fingerprint density at radius 1 is 0.875 bits per heavy atom. The molecule has 2 aromatic carbocycles. The molecule has 6 nitrogen and oxygen atoms in total. The summed E-state index contributed by atoms with van der Waals surface area (Å²) in [5.41, 5.74) is 4.39. The lowest BCUT2D eigenvalue weighted by atomic mass is 10.0. The van der Waals surface area contributed by atoms with Crippen molar-refractivity contribution in [3.63, 3.8) is 0 Å². The first-order valence-corrected chi connectivity index (χ1v) is 11.4. The number of nitrogens with zero attached hydrogens (tertiary/aromatic N) is 3. The number of likely N-dealkylation sites (N-methyl/N-ethyl adjacent to an activating group) is 1. The third-order valence-corrected chi connectivity index (χ3v) is 6.24. The summed E-state index contributed by atoms with van der Waals surface area (Å²) in [5, 5.41) is 0. The molecule has 1 fully saturated rings. The Balaban J connectivity index is 1.77. The quantitative estimate of drug-likeness (QED) is 0.652. The van der Waals surface area contributed by atoms with E-state index in [2.05, 4.69) is 16.7 Å². The van der Waals surface area contributed by atoms with Gasteiger partial charge in [0.25, 0.3) is 11.8 Å². The van der Waals surface area contributed by atoms with Crippen molar-refractivity contribution in [2.45, 2.75) is 27.7 Å². The number of anilines is 1. The molecule has 1 saturated heterocycles. The van der Waals surface area contributed by atoms with Gasteiger partial charge < -0.3 is 14.5 Å². The van der Waals surface area contributed by atoms with Gasteiger partial charge in [-0.25, -0.2) is 4.90 Å². The maximum atomic E-state index is 13.7. The summed E-state index contributed by atoms with van der Waals surface area (Å²) in [6.45, 7) is 12.8. The number of rotatable bonds is 6. The first-order chi connectivity index (χ1) is 15.4. The monoisotopic (exact) mass is 433 g/mol. The van der Waals surface area contributed by atoms with Crippen LogP contribution in [0.4, 0.5) is 5.69 Å². The molecule has 0 spiro atoms. The second kappa shape index (κ2) is 9.17. The second-order valence-electron chi connectivity index (χ2n) is 8.34. The Labute approximate surface area is 190 Å². The predicted octanol–water partition coefficient (Wildman–Crippen LogP) is 3.62. The van der Waals surface area contributed by atoms with Crippen LogP contribution in [-0.2, 0) is 9.59 Å². The van der Waals surface area contributed by atoms with E-state index in [1.54, 1.807) is 0 Å². The van der Waals surface area contributed by atoms with E-state index in [9.17, 15) is 9.59 Å². The number of amides is 2. The van der Waals surface area contributed by atoms with E-state index in [1.165, 1.54) is 4.90 Å². The number of imide groups is 1. The Bertz CT molecular complexity index is 1050. The van der Waals surface area contributed by atoms with Gasteiger partial charge in [0.1, 0.15) is 11.4 Å². The van der Waals surface area contributed by atoms with Crippen molar-refractivity contribution in [2.24, 2.45) is 0 Å². The van der Waals surface area contributed by atoms with E-state index < -0.39 is 0 Å². The van der Waals surface area contributed by atoms with E-state index in [-0.39, 0.29) is 11.8 Å². The molecule has 0 aromatic heterocycles. The highest BCUT2D eigenvalue weighted by molar-refractivity contribution is 6.45. The minimum atomic E-state index is -0.265. The molecule has 0 aliphatic carbocycles. The van der Waals surface area contributed by atoms with Gasteiger partial charge in [-0.3, -0.25) is 9.59 Å². The smallest absolute Gasteiger partial charge is 0.282 e. The number of benzene rings is 2. The summed E-state index contributed by atoms with van der Waals surface area (Å²) in [6, 6.07) is 13.3. The van der Waals surface area contributed by atoms with Crippen LogP contribution in [0.2, 0.25) is 0 Å². The molecule has 2 aliphatic rings. The lowest BCUT2D eigenvalue weighted by Gasteiger charge is -2.36. The highest BCUT2D eigenvalue weighted by Gasteiger charge is 2.43. The molecule has 0 atom stereocenters. The second-order valence-corrected chi connectivity index (χ2v) is 8.34. The Morgan fingerprint density at radius 2 is 1.56 bits per heavy atom. The number of ether oxygens (including phenoxy) is 1. The minimum Gasteiger partial charge on any atom is -0.494 e. The highest BCUT2D eigenvalue weighted by Crippen LogP contribution is 2.37. The topological polar surface area (TPSA) is 53.1 Å². The van der Waals surface area contributed by atoms with Gasteiger partial charge in [0, 0.05) is 26.2 Å². The Hall–Kier alpha value is -3.12. The molecule has 2 aromatic rings. The third-order valence-electron chi connectivity index (χ3n) is 6.24. The van der Waals surface area contributed by atoms with E-state index in [4.69, 9.17) is 4.74 Å². The van der Waals surface area contributed by atoms with Crippen molar-refractivity contribution < 1.29 is 14.3 Å². The van der Waals surface area contributed by atoms with Crippen molar-refractivity contribution in [1.29, 1.82) is 0 Å². The fourth-order valence-corrected chi connectivity index (χ4v) is 4.52. The molecule has 2 amide bonds. The van der Waals surface area contributed by atoms with E-state index in [0.29, 0.717) is 23.6 Å². The molecular formula is C26H31N3O3. The van der Waals surface area contributed by atoms with Gasteiger partial charge in [-0.2, -0.15) is 0 Å². The molecule has 2 aliphatic heterocycles. The lowest BCUT2D eigenvalue weighted by molar-refractivity contribution is -0.120. The number of piperazine rings is 1. The summed E-state index contributed by atoms with van der Waals surface area (Å²) in [7, 11) is 0. The number of carbonyl (C=O) groups is 2. The van der Waals surface area contributed by atoms with Gasteiger partial charge in [0.05, 0.1) is 17.9 Å². The predicted molar refractivity (Wildman–Crippen MR) is 127 cm³/mol. The molecule has 0 radical (unpaired) electrons. The molecule has 0 saturated carbocycles. The molecule has 0 N–H and O–H groups in total. The van der Waals surface area contributed by atoms with Gasteiger partial charge in [-0.05, 0) is 56.6 Å². The fraction of sp³-hybridized carbons (Fsp3) is 0.385. The molecule has 2 heterocycles. The number of hydrogen-bond acceptors (Lipinski definition) is 5. The SMILES string of the molecule is CCOc1ccc(C2=C(N3CCN(CC)CC3)C(=O)N(c3ccc(C)cc3C)C2=O)cc1. The zero-order valence-corrected chi connectivity index (χ0v) is 19.4. The fourth-order valence-electron chi connectivity index (χ4n) is 4.52. The molecule has 0 bridgehead atoms. The van der Waals surface area contributed by atoms with Gasteiger partial charge in [-0.1, -0.05) is 36.8 Å². The largest absolute Gasteiger partial charge is 0.494 e. The molecule has 0 unspecified atom stereocenters. The van der Waals surface area contributed by atoms with Crippen LogP contribution in [0.1, 0.15) is 30.5 Å². The number of hydrogen-bond donors (Lipinski definition) is 0. The van der Waals surface area contributed by atoms with Crippen LogP contribution in [0.25, 0.3) is 5.57 Å². The van der Waals surface area contributed by atoms with Crippen LogP contribution in [0.5, 0.6) is 5.75 Å². The summed E-state index contributed by atoms with van der Waals surface area (Å²) in [6.07, 6.45) is 0. The summed E-state index contributed by atoms with van der Waals surface area (Å²) >= 11 is 0. The summed E-state index contributed by atoms with van der Waals surface area (Å²) in [5.74, 6) is 0.243. The van der Waals surface area contributed by atoms with Crippen LogP contribution in [0, 0.1) is 13.8 Å². The average molecular weight is 434 g/mol. The maximum absolute atomic E-state index is 13.7. The van der Waals surface area contributed by atoms with Gasteiger partial charge in [0.15, 0.2) is 0 Å². The molecule has 4 rings (SSSR count). The Morgan fingerprint density at radius 3 is 2.16 bits per heavy atom. The third kappa shape index (κ3) is 4.02. The van der Waals surface area contributed by atoms with Crippen molar-refractivity contribution in [3.05, 3.63) is 64.9 Å². The lowest BCUT2D eigenvalue weighted by Crippen LogP contribution is -2.47.